The van der Waals surface area contributed by atoms with E-state index in [2.05, 4.69) is 41.0 Å². The van der Waals surface area contributed by atoms with Gasteiger partial charge in [0.1, 0.15) is 12.7 Å². The fourth-order valence-corrected chi connectivity index (χ4v) is 3.80. The van der Waals surface area contributed by atoms with Crippen LogP contribution in [-0.2, 0) is 6.54 Å². The Bertz CT molecular complexity index is 1340. The van der Waals surface area contributed by atoms with Crippen LogP contribution in [0.15, 0.2) is 66.2 Å². The molecular formula is C23H21Cl2N9S. The van der Waals surface area contributed by atoms with Crippen LogP contribution in [0.3, 0.4) is 0 Å². The van der Waals surface area contributed by atoms with E-state index in [0.717, 1.165) is 22.6 Å². The molecule has 0 saturated heterocycles. The third kappa shape index (κ3) is 7.19. The molecule has 178 valence electrons. The van der Waals surface area contributed by atoms with Crippen molar-refractivity contribution in [2.75, 3.05) is 16.0 Å². The highest BCUT2D eigenvalue weighted by Crippen LogP contribution is 2.25. The van der Waals surface area contributed by atoms with Gasteiger partial charge in [0.2, 0.25) is 17.0 Å². The molecule has 0 fully saturated rings. The van der Waals surface area contributed by atoms with Gasteiger partial charge in [-0.25, -0.2) is 19.6 Å². The highest BCUT2D eigenvalue weighted by Gasteiger charge is 2.09. The Morgan fingerprint density at radius 1 is 0.971 bits per heavy atom. The first kappa shape index (κ1) is 24.5. The predicted molar refractivity (Wildman–Crippen MR) is 144 cm³/mol. The molecule has 3 N–H and O–H groups in total. The zero-order chi connectivity index (χ0) is 24.8. The lowest BCUT2D eigenvalue weighted by Crippen LogP contribution is -2.26. The van der Waals surface area contributed by atoms with Crippen LogP contribution in [0.25, 0.3) is 0 Å². The first-order chi connectivity index (χ1) is 16.8. The van der Waals surface area contributed by atoms with E-state index in [1.165, 1.54) is 6.33 Å². The summed E-state index contributed by atoms with van der Waals surface area (Å²) >= 11 is 17.7. The summed E-state index contributed by atoms with van der Waals surface area (Å²) < 4.78 is 1.75. The van der Waals surface area contributed by atoms with E-state index in [1.54, 1.807) is 29.2 Å². The number of aryl methyl sites for hydroxylation is 2. The molecule has 35 heavy (non-hydrogen) atoms. The first-order valence-electron chi connectivity index (χ1n) is 10.5. The number of hydrogen-bond donors (Lipinski definition) is 3. The molecule has 0 atom stereocenters. The molecule has 0 radical (unpaired) electrons. The number of aliphatic imine (C=N–C) groups is 1. The second kappa shape index (κ2) is 11.2. The van der Waals surface area contributed by atoms with Crippen LogP contribution in [-0.4, -0.2) is 35.8 Å². The summed E-state index contributed by atoms with van der Waals surface area (Å²) in [5, 5.41) is 14.6. The molecule has 2 heterocycles. The van der Waals surface area contributed by atoms with Crippen molar-refractivity contribution in [3.8, 4) is 0 Å². The zero-order valence-corrected chi connectivity index (χ0v) is 21.2. The highest BCUT2D eigenvalue weighted by molar-refractivity contribution is 7.80. The molecule has 0 aliphatic carbocycles. The summed E-state index contributed by atoms with van der Waals surface area (Å²) in [5.74, 6) is 0.727. The van der Waals surface area contributed by atoms with Crippen molar-refractivity contribution in [3.05, 3.63) is 88.2 Å². The number of guanidine groups is 1. The Kier molecular flexibility index (Phi) is 7.86. The summed E-state index contributed by atoms with van der Waals surface area (Å²) in [6.07, 6.45) is 3.18. The summed E-state index contributed by atoms with van der Waals surface area (Å²) in [7, 11) is 0. The molecule has 0 spiro atoms. The molecule has 0 aliphatic rings. The summed E-state index contributed by atoms with van der Waals surface area (Å²) in [6, 6.07) is 14.8. The number of thiocarbonyl (C=S) groups is 1. The van der Waals surface area contributed by atoms with Crippen molar-refractivity contribution >= 4 is 63.8 Å². The van der Waals surface area contributed by atoms with Crippen molar-refractivity contribution in [2.45, 2.75) is 20.4 Å². The molecule has 0 aliphatic heterocycles. The number of rotatable bonds is 5. The van der Waals surface area contributed by atoms with Crippen LogP contribution < -0.4 is 16.0 Å². The second-order valence-electron chi connectivity index (χ2n) is 7.53. The van der Waals surface area contributed by atoms with E-state index in [0.29, 0.717) is 34.2 Å². The molecule has 2 aromatic carbocycles. The van der Waals surface area contributed by atoms with Crippen LogP contribution in [0, 0.1) is 13.8 Å². The minimum absolute atomic E-state index is 0.177. The lowest BCUT2D eigenvalue weighted by atomic mass is 10.2. The average Bonchev–Trinajstić information content (AvgIpc) is 3.29. The van der Waals surface area contributed by atoms with E-state index in [1.807, 2.05) is 44.2 Å². The van der Waals surface area contributed by atoms with E-state index in [4.69, 9.17) is 35.4 Å². The number of hydrogen-bond acceptors (Lipinski definition) is 5. The van der Waals surface area contributed by atoms with Crippen molar-refractivity contribution in [1.29, 1.82) is 0 Å². The third-order valence-corrected chi connectivity index (χ3v) is 5.37. The van der Waals surface area contributed by atoms with Crippen molar-refractivity contribution in [2.24, 2.45) is 4.99 Å². The van der Waals surface area contributed by atoms with Gasteiger partial charge in [0.15, 0.2) is 0 Å². The topological polar surface area (TPSA) is 105 Å². The molecular weight excluding hydrogens is 505 g/mol. The lowest BCUT2D eigenvalue weighted by molar-refractivity contribution is 0.685. The van der Waals surface area contributed by atoms with Crippen molar-refractivity contribution in [1.82, 2.24) is 24.7 Å². The van der Waals surface area contributed by atoms with E-state index >= 15 is 0 Å². The quantitative estimate of drug-likeness (QED) is 0.182. The minimum atomic E-state index is 0.177. The Hall–Kier alpha value is -3.60. The third-order valence-electron chi connectivity index (χ3n) is 4.63. The van der Waals surface area contributed by atoms with Gasteiger partial charge in [-0.1, -0.05) is 35.3 Å². The van der Waals surface area contributed by atoms with Gasteiger partial charge in [0.25, 0.3) is 0 Å². The van der Waals surface area contributed by atoms with Crippen LogP contribution in [0.1, 0.15) is 17.0 Å². The van der Waals surface area contributed by atoms with Gasteiger partial charge in [0.05, 0.1) is 17.3 Å². The van der Waals surface area contributed by atoms with Gasteiger partial charge in [-0.15, -0.1) is 0 Å². The number of aromatic nitrogens is 5. The molecule has 12 heteroatoms. The highest BCUT2D eigenvalue weighted by atomic mass is 35.5. The van der Waals surface area contributed by atoms with Crippen LogP contribution >= 0.6 is 35.4 Å². The summed E-state index contributed by atoms with van der Waals surface area (Å²) in [5.41, 5.74) is 4.09. The Labute approximate surface area is 217 Å². The molecule has 4 aromatic rings. The molecule has 2 aromatic heterocycles. The van der Waals surface area contributed by atoms with Gasteiger partial charge in [-0.3, -0.25) is 5.32 Å². The van der Waals surface area contributed by atoms with Gasteiger partial charge in [0, 0.05) is 22.1 Å². The number of nitrogens with zero attached hydrogens (tertiary/aromatic N) is 6. The van der Waals surface area contributed by atoms with Crippen molar-refractivity contribution < 1.29 is 0 Å². The van der Waals surface area contributed by atoms with Crippen LogP contribution in [0.2, 0.25) is 10.0 Å². The molecule has 9 nitrogen and oxygen atoms in total. The number of nitrogens with one attached hydrogen (secondary N) is 3. The average molecular weight is 526 g/mol. The molecule has 0 unspecified atom stereocenters. The van der Waals surface area contributed by atoms with E-state index in [-0.39, 0.29) is 5.11 Å². The van der Waals surface area contributed by atoms with Gasteiger partial charge >= 0.3 is 0 Å². The van der Waals surface area contributed by atoms with Crippen molar-refractivity contribution in [3.63, 3.8) is 0 Å². The lowest BCUT2D eigenvalue weighted by Gasteiger charge is -2.14. The summed E-state index contributed by atoms with van der Waals surface area (Å²) in [6.45, 7) is 4.41. The van der Waals surface area contributed by atoms with Gasteiger partial charge in [-0.2, -0.15) is 10.1 Å². The Balaban J connectivity index is 1.54. The predicted octanol–water partition coefficient (Wildman–Crippen LogP) is 5.32. The number of benzene rings is 2. The summed E-state index contributed by atoms with van der Waals surface area (Å²) in [4.78, 5) is 17.3. The van der Waals surface area contributed by atoms with Gasteiger partial charge in [-0.05, 0) is 68.0 Å². The monoisotopic (exact) mass is 525 g/mol. The molecule has 4 rings (SSSR count). The molecule has 0 bridgehead atoms. The maximum Gasteiger partial charge on any atom is 0.229 e. The minimum Gasteiger partial charge on any atom is -0.330 e. The standard InChI is InChI=1S/C23H21Cl2N9S/c1-14-9-15(2)29-21(28-14)32-22(33-23(35)31-20-8-5-17(24)10-19(20)25)30-18-6-3-16(4-7-18)11-34-13-26-12-27-34/h3-10,12-13H,11H2,1-2H3,(H3,28,29,30,31,32,33,35). The maximum absolute atomic E-state index is 6.25. The Morgan fingerprint density at radius 2 is 1.71 bits per heavy atom. The molecule has 0 saturated carbocycles. The largest absolute Gasteiger partial charge is 0.330 e. The Morgan fingerprint density at radius 3 is 2.37 bits per heavy atom. The molecule has 0 amide bonds. The zero-order valence-electron chi connectivity index (χ0n) is 18.8. The number of halogens is 2. The maximum atomic E-state index is 6.25. The second-order valence-corrected chi connectivity index (χ2v) is 8.76. The fraction of sp³-hybridized carbons (Fsp3) is 0.130. The fourth-order valence-electron chi connectivity index (χ4n) is 3.14. The SMILES string of the molecule is Cc1cc(C)nc(N/C(=N/C(=S)Nc2ccc(Cl)cc2Cl)Nc2ccc(Cn3cncn3)cc2)n1. The smallest absolute Gasteiger partial charge is 0.229 e. The van der Waals surface area contributed by atoms with Gasteiger partial charge < -0.3 is 10.6 Å². The number of anilines is 3. The van der Waals surface area contributed by atoms with E-state index in [9.17, 15) is 0 Å². The van der Waals surface area contributed by atoms with E-state index < -0.39 is 0 Å². The van der Waals surface area contributed by atoms with Crippen LogP contribution in [0.4, 0.5) is 17.3 Å². The first-order valence-corrected chi connectivity index (χ1v) is 11.6. The van der Waals surface area contributed by atoms with Crippen LogP contribution in [0.5, 0.6) is 0 Å². The normalized spacial score (nSPS) is 11.3.